The number of hydrogen-bond donors (Lipinski definition) is 1. The van der Waals surface area contributed by atoms with Gasteiger partial charge in [0.05, 0.1) is 12.8 Å². The van der Waals surface area contributed by atoms with E-state index < -0.39 is 0 Å². The van der Waals surface area contributed by atoms with E-state index in [-0.39, 0.29) is 0 Å². The molecule has 132 valence electrons. The van der Waals surface area contributed by atoms with E-state index in [9.17, 15) is 0 Å². The number of hydrazone groups is 1. The zero-order valence-corrected chi connectivity index (χ0v) is 15.6. The van der Waals surface area contributed by atoms with Crippen LogP contribution in [0.3, 0.4) is 0 Å². The summed E-state index contributed by atoms with van der Waals surface area (Å²) in [5, 5.41) is 7.75. The molecule has 0 saturated heterocycles. The molecule has 0 aliphatic rings. The molecule has 1 N–H and O–H groups in total. The zero-order chi connectivity index (χ0) is 18.4. The van der Waals surface area contributed by atoms with E-state index in [1.165, 1.54) is 0 Å². The molecule has 0 heterocycles. The Morgan fingerprint density at radius 2 is 1.77 bits per heavy atom. The van der Waals surface area contributed by atoms with Crippen molar-refractivity contribution in [1.29, 1.82) is 0 Å². The molecule has 0 fully saturated rings. The summed E-state index contributed by atoms with van der Waals surface area (Å²) in [6.45, 7) is 4.56. The Kier molecular flexibility index (Phi) is 6.16. The second kappa shape index (κ2) is 8.75. The van der Waals surface area contributed by atoms with Crippen molar-refractivity contribution in [2.24, 2.45) is 5.10 Å². The molecule has 0 unspecified atom stereocenters. The lowest BCUT2D eigenvalue weighted by Crippen LogP contribution is -2.07. The molecule has 0 aliphatic carbocycles. The van der Waals surface area contributed by atoms with Crippen molar-refractivity contribution in [3.8, 4) is 5.75 Å². The van der Waals surface area contributed by atoms with Crippen molar-refractivity contribution in [3.05, 3.63) is 88.4 Å². The molecule has 3 aromatic carbocycles. The highest BCUT2D eigenvalue weighted by molar-refractivity contribution is 6.35. The van der Waals surface area contributed by atoms with Gasteiger partial charge in [-0.3, -0.25) is 0 Å². The molecule has 0 bridgehead atoms. The first-order valence-electron chi connectivity index (χ1n) is 8.15. The summed E-state index contributed by atoms with van der Waals surface area (Å²) in [6, 6.07) is 17.5. The first kappa shape index (κ1) is 18.3. The maximum atomic E-state index is 6.18. The minimum atomic E-state index is 0.432. The molecule has 0 spiro atoms. The van der Waals surface area contributed by atoms with Gasteiger partial charge in [0, 0.05) is 21.2 Å². The molecule has 3 nitrogen and oxygen atoms in total. The maximum absolute atomic E-state index is 6.18. The van der Waals surface area contributed by atoms with Gasteiger partial charge in [-0.2, -0.15) is 5.10 Å². The van der Waals surface area contributed by atoms with Gasteiger partial charge in [0.2, 0.25) is 0 Å². The standard InChI is InChI=1S/C21H18Cl2N2O/c1-2-12-26-21-11-10-15-6-3-4-7-16(15)17(21)13-24-25-14-18-19(22)8-5-9-20(18)23/h2-11,13,25H,1,12,14H2/b24-13-. The van der Waals surface area contributed by atoms with Crippen LogP contribution in [0.15, 0.2) is 72.4 Å². The molecule has 5 heteroatoms. The van der Waals surface area contributed by atoms with Gasteiger partial charge in [0.1, 0.15) is 12.4 Å². The van der Waals surface area contributed by atoms with Crippen LogP contribution in [0.4, 0.5) is 0 Å². The number of hydrogen-bond acceptors (Lipinski definition) is 3. The first-order valence-corrected chi connectivity index (χ1v) is 8.90. The number of ether oxygens (including phenoxy) is 1. The summed E-state index contributed by atoms with van der Waals surface area (Å²) in [6.07, 6.45) is 3.47. The highest BCUT2D eigenvalue weighted by Crippen LogP contribution is 2.27. The second-order valence-electron chi connectivity index (χ2n) is 5.59. The van der Waals surface area contributed by atoms with Crippen molar-refractivity contribution in [3.63, 3.8) is 0 Å². The SMILES string of the molecule is C=CCOc1ccc2ccccc2c1/C=N\NCc1c(Cl)cccc1Cl. The van der Waals surface area contributed by atoms with Crippen LogP contribution >= 0.6 is 23.2 Å². The normalized spacial score (nSPS) is 11.0. The summed E-state index contributed by atoms with van der Waals surface area (Å²) in [4.78, 5) is 0. The molecule has 0 saturated carbocycles. The minimum absolute atomic E-state index is 0.432. The highest BCUT2D eigenvalue weighted by Gasteiger charge is 2.07. The molecule has 0 aliphatic heterocycles. The Labute approximate surface area is 162 Å². The Bertz CT molecular complexity index is 934. The Hall–Kier alpha value is -2.49. The third kappa shape index (κ3) is 4.18. The topological polar surface area (TPSA) is 33.6 Å². The largest absolute Gasteiger partial charge is 0.489 e. The average molecular weight is 385 g/mol. The number of fused-ring (bicyclic) bond motifs is 1. The number of benzene rings is 3. The predicted octanol–water partition coefficient (Wildman–Crippen LogP) is 5.84. The molecular formula is C21H18Cl2N2O. The molecule has 3 aromatic rings. The van der Waals surface area contributed by atoms with Crippen molar-refractivity contribution in [2.45, 2.75) is 6.54 Å². The van der Waals surface area contributed by atoms with E-state index in [0.29, 0.717) is 23.2 Å². The zero-order valence-electron chi connectivity index (χ0n) is 14.1. The van der Waals surface area contributed by atoms with Crippen molar-refractivity contribution in [2.75, 3.05) is 6.61 Å². The van der Waals surface area contributed by atoms with Crippen LogP contribution in [0.2, 0.25) is 10.0 Å². The lowest BCUT2D eigenvalue weighted by Gasteiger charge is -2.11. The Balaban J connectivity index is 1.84. The molecule has 0 amide bonds. The van der Waals surface area contributed by atoms with Crippen molar-refractivity contribution in [1.82, 2.24) is 5.43 Å². The second-order valence-corrected chi connectivity index (χ2v) is 6.41. The molecule has 26 heavy (non-hydrogen) atoms. The van der Waals surface area contributed by atoms with Crippen LogP contribution in [0.1, 0.15) is 11.1 Å². The number of nitrogens with zero attached hydrogens (tertiary/aromatic N) is 1. The maximum Gasteiger partial charge on any atom is 0.129 e. The van der Waals surface area contributed by atoms with Crippen LogP contribution < -0.4 is 10.2 Å². The quantitative estimate of drug-likeness (QED) is 0.315. The number of nitrogens with one attached hydrogen (secondary N) is 1. The van der Waals surface area contributed by atoms with Gasteiger partial charge in [0.25, 0.3) is 0 Å². The monoisotopic (exact) mass is 384 g/mol. The fourth-order valence-electron chi connectivity index (χ4n) is 2.62. The van der Waals surface area contributed by atoms with Gasteiger partial charge < -0.3 is 10.2 Å². The number of rotatable bonds is 7. The van der Waals surface area contributed by atoms with Crippen LogP contribution in [0, 0.1) is 0 Å². The van der Waals surface area contributed by atoms with E-state index in [4.69, 9.17) is 27.9 Å². The van der Waals surface area contributed by atoms with E-state index in [2.05, 4.69) is 23.2 Å². The Morgan fingerprint density at radius 3 is 2.54 bits per heavy atom. The molecule has 0 radical (unpaired) electrons. The summed E-state index contributed by atoms with van der Waals surface area (Å²) in [5.74, 6) is 0.755. The third-order valence-corrected chi connectivity index (χ3v) is 4.60. The first-order chi connectivity index (χ1) is 12.7. The fraction of sp³-hybridized carbons (Fsp3) is 0.0952. The van der Waals surface area contributed by atoms with E-state index in [1.54, 1.807) is 24.4 Å². The molecule has 0 atom stereocenters. The van der Waals surface area contributed by atoms with E-state index in [1.807, 2.05) is 36.4 Å². The Morgan fingerprint density at radius 1 is 1.00 bits per heavy atom. The molecule has 0 aromatic heterocycles. The van der Waals surface area contributed by atoms with Gasteiger partial charge in [-0.15, -0.1) is 0 Å². The van der Waals surface area contributed by atoms with Crippen LogP contribution in [0.5, 0.6) is 5.75 Å². The third-order valence-electron chi connectivity index (χ3n) is 3.89. The smallest absolute Gasteiger partial charge is 0.129 e. The summed E-state index contributed by atoms with van der Waals surface area (Å²) in [5.41, 5.74) is 4.72. The predicted molar refractivity (Wildman–Crippen MR) is 111 cm³/mol. The summed E-state index contributed by atoms with van der Waals surface area (Å²) in [7, 11) is 0. The molecule has 3 rings (SSSR count). The number of halogens is 2. The van der Waals surface area contributed by atoms with Gasteiger partial charge in [0.15, 0.2) is 0 Å². The lowest BCUT2D eigenvalue weighted by atomic mass is 10.0. The van der Waals surface area contributed by atoms with Gasteiger partial charge in [-0.05, 0) is 29.0 Å². The van der Waals surface area contributed by atoms with Gasteiger partial charge in [-0.25, -0.2) is 0 Å². The summed E-state index contributed by atoms with van der Waals surface area (Å²) >= 11 is 12.4. The van der Waals surface area contributed by atoms with Crippen LogP contribution in [0.25, 0.3) is 10.8 Å². The fourth-order valence-corrected chi connectivity index (χ4v) is 3.15. The van der Waals surface area contributed by atoms with Gasteiger partial charge >= 0.3 is 0 Å². The van der Waals surface area contributed by atoms with Crippen LogP contribution in [-0.2, 0) is 6.54 Å². The van der Waals surface area contributed by atoms with E-state index in [0.717, 1.165) is 27.6 Å². The summed E-state index contributed by atoms with van der Waals surface area (Å²) < 4.78 is 5.77. The van der Waals surface area contributed by atoms with Crippen LogP contribution in [-0.4, -0.2) is 12.8 Å². The van der Waals surface area contributed by atoms with Gasteiger partial charge in [-0.1, -0.05) is 72.3 Å². The lowest BCUT2D eigenvalue weighted by molar-refractivity contribution is 0.363. The van der Waals surface area contributed by atoms with E-state index >= 15 is 0 Å². The highest BCUT2D eigenvalue weighted by atomic mass is 35.5. The minimum Gasteiger partial charge on any atom is -0.489 e. The molecular weight excluding hydrogens is 367 g/mol. The van der Waals surface area contributed by atoms with Crippen molar-refractivity contribution >= 4 is 40.2 Å². The average Bonchev–Trinajstić information content (AvgIpc) is 2.66. The van der Waals surface area contributed by atoms with Crippen molar-refractivity contribution < 1.29 is 4.74 Å².